The van der Waals surface area contributed by atoms with Gasteiger partial charge in [0.1, 0.15) is 5.82 Å². The van der Waals surface area contributed by atoms with Crippen LogP contribution in [0.4, 0.5) is 17.7 Å². The van der Waals surface area contributed by atoms with Crippen LogP contribution >= 0.6 is 0 Å². The van der Waals surface area contributed by atoms with E-state index in [0.717, 1.165) is 48.4 Å². The molecule has 0 amide bonds. The minimum Gasteiger partial charge on any atom is -0.338 e. The van der Waals surface area contributed by atoms with Gasteiger partial charge in [-0.1, -0.05) is 84.9 Å². The quantitative estimate of drug-likeness (QED) is 0.257. The molecule has 1 fully saturated rings. The van der Waals surface area contributed by atoms with E-state index >= 15 is 0 Å². The third kappa shape index (κ3) is 6.45. The Balaban J connectivity index is 1.29. The molecule has 0 bridgehead atoms. The van der Waals surface area contributed by atoms with Crippen molar-refractivity contribution in [3.05, 3.63) is 114 Å². The van der Waals surface area contributed by atoms with Gasteiger partial charge in [-0.15, -0.1) is 0 Å². The summed E-state index contributed by atoms with van der Waals surface area (Å²) in [6.45, 7) is 3.52. The Kier molecular flexibility index (Phi) is 7.73. The maximum atomic E-state index is 13.0. The monoisotopic (exact) mass is 541 g/mol. The minimum absolute atomic E-state index is 0.0228. The Morgan fingerprint density at radius 2 is 1.41 bits per heavy atom. The number of nitrogens with zero attached hydrogens (tertiary/aromatic N) is 6. The summed E-state index contributed by atoms with van der Waals surface area (Å²) >= 11 is 0. The lowest BCUT2D eigenvalue weighted by Gasteiger charge is -2.32. The molecule has 0 spiro atoms. The summed E-state index contributed by atoms with van der Waals surface area (Å²) in [7, 11) is 2.12. The van der Waals surface area contributed by atoms with Gasteiger partial charge < -0.3 is 15.1 Å². The van der Waals surface area contributed by atoms with Crippen molar-refractivity contribution < 1.29 is 4.79 Å². The summed E-state index contributed by atoms with van der Waals surface area (Å²) in [5.74, 6) is 2.11. The highest BCUT2D eigenvalue weighted by molar-refractivity contribution is 5.98. The first-order valence-corrected chi connectivity index (χ1v) is 13.8. The van der Waals surface area contributed by atoms with Gasteiger partial charge in [0.15, 0.2) is 11.6 Å². The summed E-state index contributed by atoms with van der Waals surface area (Å²) in [6, 6.07) is 31.7. The van der Waals surface area contributed by atoms with Crippen molar-refractivity contribution >= 4 is 23.5 Å². The van der Waals surface area contributed by atoms with Crippen molar-refractivity contribution in [1.82, 2.24) is 24.8 Å². The van der Waals surface area contributed by atoms with Crippen LogP contribution in [0.1, 0.15) is 15.9 Å². The smallest absolute Gasteiger partial charge is 0.233 e. The molecule has 1 aliphatic heterocycles. The largest absolute Gasteiger partial charge is 0.338 e. The Morgan fingerprint density at radius 1 is 0.756 bits per heavy atom. The predicted octanol–water partition coefficient (Wildman–Crippen LogP) is 5.52. The Bertz CT molecular complexity index is 1620. The van der Waals surface area contributed by atoms with Crippen LogP contribution in [0.25, 0.3) is 22.5 Å². The summed E-state index contributed by atoms with van der Waals surface area (Å²) in [5, 5.41) is 3.24. The number of nitrogens with one attached hydrogen (secondary N) is 1. The first-order valence-electron chi connectivity index (χ1n) is 13.8. The normalized spacial score (nSPS) is 13.6. The van der Waals surface area contributed by atoms with E-state index < -0.39 is 0 Å². The zero-order valence-corrected chi connectivity index (χ0v) is 22.9. The van der Waals surface area contributed by atoms with E-state index in [0.29, 0.717) is 35.5 Å². The fourth-order valence-corrected chi connectivity index (χ4v) is 4.81. The van der Waals surface area contributed by atoms with Crippen LogP contribution in [0.2, 0.25) is 0 Å². The number of benzene rings is 3. The van der Waals surface area contributed by atoms with Crippen molar-refractivity contribution in [1.29, 1.82) is 0 Å². The van der Waals surface area contributed by atoms with E-state index in [9.17, 15) is 4.79 Å². The average Bonchev–Trinajstić information content (AvgIpc) is 3.02. The molecular weight excluding hydrogens is 510 g/mol. The zero-order chi connectivity index (χ0) is 28.0. The molecule has 8 heteroatoms. The molecule has 2 aromatic heterocycles. The molecule has 1 N–H and O–H groups in total. The molecule has 3 aromatic carbocycles. The van der Waals surface area contributed by atoms with Crippen LogP contribution in [0.15, 0.2) is 103 Å². The maximum Gasteiger partial charge on any atom is 0.233 e. The molecule has 0 saturated carbocycles. The molecule has 0 radical (unpaired) electrons. The number of rotatable bonds is 8. The van der Waals surface area contributed by atoms with E-state index in [2.05, 4.69) is 51.4 Å². The standard InChI is InChI=1S/C33H31N7O/c1-39-18-20-40(21-19-39)33-37-31(27-14-12-26(13-15-27)25-10-6-3-7-11-25)36-32(38-33)35-30-23-28(16-17-34-30)29(41)22-24-8-4-2-5-9-24/h2-17,23H,18-22H2,1H3,(H,34,35,36,37,38). The summed E-state index contributed by atoms with van der Waals surface area (Å²) in [4.78, 5) is 36.3. The van der Waals surface area contributed by atoms with Gasteiger partial charge in [-0.05, 0) is 35.9 Å². The van der Waals surface area contributed by atoms with Gasteiger partial charge in [0.05, 0.1) is 0 Å². The molecule has 1 saturated heterocycles. The lowest BCUT2D eigenvalue weighted by atomic mass is 10.0. The zero-order valence-electron chi connectivity index (χ0n) is 22.9. The van der Waals surface area contributed by atoms with Crippen LogP contribution in [0, 0.1) is 0 Å². The number of Topliss-reactive ketones (excluding diaryl/α,β-unsaturated/α-hetero) is 1. The van der Waals surface area contributed by atoms with E-state index in [1.54, 1.807) is 18.3 Å². The fraction of sp³-hybridized carbons (Fsp3) is 0.182. The van der Waals surface area contributed by atoms with Crippen molar-refractivity contribution in [3.8, 4) is 22.5 Å². The second-order valence-electron chi connectivity index (χ2n) is 10.2. The van der Waals surface area contributed by atoms with Crippen LogP contribution in [-0.4, -0.2) is 63.8 Å². The Morgan fingerprint density at radius 3 is 2.15 bits per heavy atom. The Hall–Kier alpha value is -4.95. The molecule has 5 aromatic rings. The number of aromatic nitrogens is 4. The van der Waals surface area contributed by atoms with Gasteiger partial charge >= 0.3 is 0 Å². The highest BCUT2D eigenvalue weighted by Gasteiger charge is 2.20. The van der Waals surface area contributed by atoms with Gasteiger partial charge in [-0.2, -0.15) is 15.0 Å². The lowest BCUT2D eigenvalue weighted by molar-refractivity contribution is 0.0993. The number of hydrogen-bond acceptors (Lipinski definition) is 8. The number of carbonyl (C=O) groups excluding carboxylic acids is 1. The molecule has 0 unspecified atom stereocenters. The summed E-state index contributed by atoms with van der Waals surface area (Å²) < 4.78 is 0. The molecule has 0 aliphatic carbocycles. The number of pyridine rings is 1. The first kappa shape index (κ1) is 26.3. The highest BCUT2D eigenvalue weighted by Crippen LogP contribution is 2.26. The number of anilines is 3. The van der Waals surface area contributed by atoms with Crippen LogP contribution in [0.3, 0.4) is 0 Å². The number of piperazine rings is 1. The SMILES string of the molecule is CN1CCN(c2nc(Nc3cc(C(=O)Cc4ccccc4)ccn3)nc(-c3ccc(-c4ccccc4)cc3)n2)CC1. The number of ketones is 1. The molecule has 204 valence electrons. The molecule has 41 heavy (non-hydrogen) atoms. The van der Waals surface area contributed by atoms with Crippen molar-refractivity contribution in [2.75, 3.05) is 43.4 Å². The molecule has 3 heterocycles. The van der Waals surface area contributed by atoms with Gasteiger partial charge in [-0.3, -0.25) is 4.79 Å². The average molecular weight is 542 g/mol. The van der Waals surface area contributed by atoms with E-state index in [4.69, 9.17) is 15.0 Å². The molecule has 8 nitrogen and oxygen atoms in total. The van der Waals surface area contributed by atoms with E-state index in [1.807, 2.05) is 60.7 Å². The number of likely N-dealkylation sites (N-methyl/N-ethyl adjacent to an activating group) is 1. The number of carbonyl (C=O) groups is 1. The third-order valence-corrected chi connectivity index (χ3v) is 7.19. The highest BCUT2D eigenvalue weighted by atomic mass is 16.1. The Labute approximate surface area is 239 Å². The number of hydrogen-bond donors (Lipinski definition) is 1. The van der Waals surface area contributed by atoms with Crippen molar-refractivity contribution in [2.45, 2.75) is 6.42 Å². The summed E-state index contributed by atoms with van der Waals surface area (Å²) in [6.07, 6.45) is 1.96. The summed E-state index contributed by atoms with van der Waals surface area (Å²) in [5.41, 5.74) is 4.73. The van der Waals surface area contributed by atoms with Crippen LogP contribution < -0.4 is 10.2 Å². The van der Waals surface area contributed by atoms with Crippen molar-refractivity contribution in [3.63, 3.8) is 0 Å². The maximum absolute atomic E-state index is 13.0. The van der Waals surface area contributed by atoms with Crippen LogP contribution in [-0.2, 0) is 6.42 Å². The fourth-order valence-electron chi connectivity index (χ4n) is 4.81. The second kappa shape index (κ2) is 12.1. The van der Waals surface area contributed by atoms with Gasteiger partial charge in [0.25, 0.3) is 0 Å². The van der Waals surface area contributed by atoms with Gasteiger partial charge in [-0.25, -0.2) is 4.98 Å². The van der Waals surface area contributed by atoms with Crippen LogP contribution in [0.5, 0.6) is 0 Å². The van der Waals surface area contributed by atoms with Crippen molar-refractivity contribution in [2.24, 2.45) is 0 Å². The lowest BCUT2D eigenvalue weighted by Crippen LogP contribution is -2.45. The molecule has 0 atom stereocenters. The minimum atomic E-state index is 0.0228. The molecule has 6 rings (SSSR count). The topological polar surface area (TPSA) is 87.1 Å². The third-order valence-electron chi connectivity index (χ3n) is 7.19. The predicted molar refractivity (Wildman–Crippen MR) is 162 cm³/mol. The van der Waals surface area contributed by atoms with Gasteiger partial charge in [0, 0.05) is 49.9 Å². The van der Waals surface area contributed by atoms with E-state index in [1.165, 1.54) is 0 Å². The van der Waals surface area contributed by atoms with E-state index in [-0.39, 0.29) is 5.78 Å². The van der Waals surface area contributed by atoms with Gasteiger partial charge in [0.2, 0.25) is 11.9 Å². The second-order valence-corrected chi connectivity index (χ2v) is 10.2. The molecule has 1 aliphatic rings. The first-order chi connectivity index (χ1) is 20.1. The molecular formula is C33H31N7O.